The van der Waals surface area contributed by atoms with Crippen LogP contribution in [0.25, 0.3) is 0 Å². The molecule has 0 spiro atoms. The van der Waals surface area contributed by atoms with Crippen LogP contribution in [0.5, 0.6) is 0 Å². The molecule has 0 aliphatic heterocycles. The standard InChI is InChI=1S/C14H21F2N/c1-5-17-14(6-9(2)3)11-8-12(15)10(4)7-13(11)16/h7-9,14,17H,5-6H2,1-4H3. The van der Waals surface area contributed by atoms with E-state index in [0.29, 0.717) is 17.0 Å². The van der Waals surface area contributed by atoms with Gasteiger partial charge in [-0.05, 0) is 43.5 Å². The zero-order valence-corrected chi connectivity index (χ0v) is 11.0. The van der Waals surface area contributed by atoms with Crippen molar-refractivity contribution in [2.45, 2.75) is 40.2 Å². The lowest BCUT2D eigenvalue weighted by Crippen LogP contribution is -2.23. The average molecular weight is 241 g/mol. The molecule has 0 aliphatic carbocycles. The van der Waals surface area contributed by atoms with Gasteiger partial charge >= 0.3 is 0 Å². The molecule has 3 heteroatoms. The summed E-state index contributed by atoms with van der Waals surface area (Å²) in [6.45, 7) is 8.44. The number of nitrogens with one attached hydrogen (secondary N) is 1. The molecule has 0 bridgehead atoms. The Labute approximate surface area is 102 Å². The minimum Gasteiger partial charge on any atom is -0.310 e. The molecular formula is C14H21F2N. The van der Waals surface area contributed by atoms with Crippen molar-refractivity contribution in [3.63, 3.8) is 0 Å². The Balaban J connectivity index is 3.04. The van der Waals surface area contributed by atoms with Crippen LogP contribution in [0.3, 0.4) is 0 Å². The Morgan fingerprint density at radius 1 is 1.18 bits per heavy atom. The lowest BCUT2D eigenvalue weighted by molar-refractivity contribution is 0.421. The summed E-state index contributed by atoms with van der Waals surface area (Å²) >= 11 is 0. The first-order valence-electron chi connectivity index (χ1n) is 6.14. The van der Waals surface area contributed by atoms with Crippen LogP contribution in [0.15, 0.2) is 12.1 Å². The molecule has 0 saturated heterocycles. The number of halogens is 2. The predicted octanol–water partition coefficient (Wildman–Crippen LogP) is 3.97. The maximum absolute atomic E-state index is 13.8. The molecule has 0 amide bonds. The monoisotopic (exact) mass is 241 g/mol. The lowest BCUT2D eigenvalue weighted by Gasteiger charge is -2.21. The summed E-state index contributed by atoms with van der Waals surface area (Å²) in [4.78, 5) is 0. The van der Waals surface area contributed by atoms with E-state index < -0.39 is 0 Å². The zero-order chi connectivity index (χ0) is 13.0. The van der Waals surface area contributed by atoms with E-state index in [2.05, 4.69) is 19.2 Å². The molecule has 1 aromatic carbocycles. The van der Waals surface area contributed by atoms with Gasteiger partial charge in [-0.2, -0.15) is 0 Å². The van der Waals surface area contributed by atoms with Gasteiger partial charge in [0.2, 0.25) is 0 Å². The van der Waals surface area contributed by atoms with E-state index in [9.17, 15) is 8.78 Å². The highest BCUT2D eigenvalue weighted by atomic mass is 19.1. The molecule has 0 aliphatic rings. The molecule has 0 heterocycles. The van der Waals surface area contributed by atoms with Gasteiger partial charge < -0.3 is 5.32 Å². The second-order valence-corrected chi connectivity index (χ2v) is 4.86. The summed E-state index contributed by atoms with van der Waals surface area (Å²) in [6.07, 6.45) is 0.799. The van der Waals surface area contributed by atoms with Gasteiger partial charge in [-0.25, -0.2) is 8.78 Å². The summed E-state index contributed by atoms with van der Waals surface area (Å²) < 4.78 is 27.4. The molecule has 1 nitrogen and oxygen atoms in total. The van der Waals surface area contributed by atoms with E-state index in [0.717, 1.165) is 13.0 Å². The number of aryl methyl sites for hydroxylation is 1. The Kier molecular flexibility index (Phi) is 5.06. The number of benzene rings is 1. The Morgan fingerprint density at radius 2 is 1.82 bits per heavy atom. The summed E-state index contributed by atoms with van der Waals surface area (Å²) in [5, 5.41) is 3.21. The van der Waals surface area contributed by atoms with E-state index in [1.807, 2.05) is 6.92 Å². The molecule has 0 radical (unpaired) electrons. The molecule has 17 heavy (non-hydrogen) atoms. The quantitative estimate of drug-likeness (QED) is 0.822. The van der Waals surface area contributed by atoms with Crippen molar-refractivity contribution in [2.24, 2.45) is 5.92 Å². The van der Waals surface area contributed by atoms with Gasteiger partial charge in [0.25, 0.3) is 0 Å². The molecule has 0 saturated carbocycles. The molecule has 1 rings (SSSR count). The van der Waals surface area contributed by atoms with Gasteiger partial charge in [-0.3, -0.25) is 0 Å². The highest BCUT2D eigenvalue weighted by Crippen LogP contribution is 2.25. The van der Waals surface area contributed by atoms with Gasteiger partial charge in [-0.15, -0.1) is 0 Å². The van der Waals surface area contributed by atoms with Crippen LogP contribution >= 0.6 is 0 Å². The molecular weight excluding hydrogens is 220 g/mol. The summed E-state index contributed by atoms with van der Waals surface area (Å²) in [6, 6.07) is 2.48. The fraction of sp³-hybridized carbons (Fsp3) is 0.571. The smallest absolute Gasteiger partial charge is 0.128 e. The van der Waals surface area contributed by atoms with Crippen LogP contribution in [-0.4, -0.2) is 6.54 Å². The Morgan fingerprint density at radius 3 is 2.35 bits per heavy atom. The maximum Gasteiger partial charge on any atom is 0.128 e. The number of hydrogen-bond acceptors (Lipinski definition) is 1. The summed E-state index contributed by atoms with van der Waals surface area (Å²) in [5.41, 5.74) is 0.787. The van der Waals surface area contributed by atoms with Crippen molar-refractivity contribution in [3.8, 4) is 0 Å². The van der Waals surface area contributed by atoms with Crippen LogP contribution in [0.2, 0.25) is 0 Å². The predicted molar refractivity (Wildman–Crippen MR) is 67.0 cm³/mol. The molecule has 1 aromatic rings. The SMILES string of the molecule is CCNC(CC(C)C)c1cc(F)c(C)cc1F. The first-order valence-corrected chi connectivity index (χ1v) is 6.14. The van der Waals surface area contributed by atoms with Crippen LogP contribution in [0.4, 0.5) is 8.78 Å². The van der Waals surface area contributed by atoms with Crippen molar-refractivity contribution in [1.82, 2.24) is 5.32 Å². The fourth-order valence-electron chi connectivity index (χ4n) is 1.97. The highest BCUT2D eigenvalue weighted by molar-refractivity contribution is 5.27. The molecule has 96 valence electrons. The van der Waals surface area contributed by atoms with E-state index in [-0.39, 0.29) is 17.7 Å². The van der Waals surface area contributed by atoms with Gasteiger partial charge in [0.1, 0.15) is 11.6 Å². The maximum atomic E-state index is 13.8. The van der Waals surface area contributed by atoms with Crippen LogP contribution < -0.4 is 5.32 Å². The van der Waals surface area contributed by atoms with Crippen LogP contribution in [0.1, 0.15) is 44.4 Å². The van der Waals surface area contributed by atoms with Crippen LogP contribution in [-0.2, 0) is 0 Å². The third-order valence-electron chi connectivity index (χ3n) is 2.81. The minimum absolute atomic E-state index is 0.116. The largest absolute Gasteiger partial charge is 0.310 e. The summed E-state index contributed by atoms with van der Waals surface area (Å²) in [7, 11) is 0. The molecule has 1 N–H and O–H groups in total. The topological polar surface area (TPSA) is 12.0 Å². The fourth-order valence-corrected chi connectivity index (χ4v) is 1.97. The lowest BCUT2D eigenvalue weighted by atomic mass is 9.95. The molecule has 0 fully saturated rings. The highest BCUT2D eigenvalue weighted by Gasteiger charge is 2.18. The zero-order valence-electron chi connectivity index (χ0n) is 11.0. The number of rotatable bonds is 5. The molecule has 0 aromatic heterocycles. The second-order valence-electron chi connectivity index (χ2n) is 4.86. The van der Waals surface area contributed by atoms with Crippen molar-refractivity contribution >= 4 is 0 Å². The second kappa shape index (κ2) is 6.10. The van der Waals surface area contributed by atoms with Crippen molar-refractivity contribution < 1.29 is 8.78 Å². The Bertz CT molecular complexity index is 375. The minimum atomic E-state index is -0.340. The van der Waals surface area contributed by atoms with Crippen molar-refractivity contribution in [3.05, 3.63) is 34.9 Å². The van der Waals surface area contributed by atoms with E-state index >= 15 is 0 Å². The third kappa shape index (κ3) is 3.77. The van der Waals surface area contributed by atoms with Crippen LogP contribution in [0, 0.1) is 24.5 Å². The molecule has 1 unspecified atom stereocenters. The first kappa shape index (κ1) is 14.1. The Hall–Kier alpha value is -0.960. The van der Waals surface area contributed by atoms with Gasteiger partial charge in [0, 0.05) is 11.6 Å². The molecule has 1 atom stereocenters. The van der Waals surface area contributed by atoms with E-state index in [1.54, 1.807) is 6.92 Å². The average Bonchev–Trinajstić information content (AvgIpc) is 2.22. The normalized spacial score (nSPS) is 13.1. The first-order chi connectivity index (χ1) is 7.95. The van der Waals surface area contributed by atoms with E-state index in [1.165, 1.54) is 12.1 Å². The van der Waals surface area contributed by atoms with Crippen molar-refractivity contribution in [2.75, 3.05) is 6.54 Å². The van der Waals surface area contributed by atoms with Gasteiger partial charge in [0.15, 0.2) is 0 Å². The van der Waals surface area contributed by atoms with Crippen molar-refractivity contribution in [1.29, 1.82) is 0 Å². The third-order valence-corrected chi connectivity index (χ3v) is 2.81. The number of hydrogen-bond donors (Lipinski definition) is 1. The van der Waals surface area contributed by atoms with Gasteiger partial charge in [0.05, 0.1) is 0 Å². The van der Waals surface area contributed by atoms with E-state index in [4.69, 9.17) is 0 Å². The summed E-state index contributed by atoms with van der Waals surface area (Å²) in [5.74, 6) is -0.230. The van der Waals surface area contributed by atoms with Gasteiger partial charge in [-0.1, -0.05) is 20.8 Å².